The average molecular weight is 273 g/mol. The van der Waals surface area contributed by atoms with Gasteiger partial charge in [0.05, 0.1) is 11.6 Å². The van der Waals surface area contributed by atoms with Crippen LogP contribution in [-0.2, 0) is 0 Å². The Kier molecular flexibility index (Phi) is 3.53. The smallest absolute Gasteiger partial charge is 0.142 e. The number of fused-ring (bicyclic) bond motifs is 1. The van der Waals surface area contributed by atoms with Gasteiger partial charge in [0.25, 0.3) is 0 Å². The molecule has 0 aliphatic rings. The highest BCUT2D eigenvalue weighted by Gasteiger charge is 2.14. The monoisotopic (exact) mass is 273 g/mol. The molecule has 21 heavy (non-hydrogen) atoms. The summed E-state index contributed by atoms with van der Waals surface area (Å²) in [6.07, 6.45) is 1.76. The van der Waals surface area contributed by atoms with Crippen molar-refractivity contribution >= 4 is 16.6 Å². The summed E-state index contributed by atoms with van der Waals surface area (Å²) in [4.78, 5) is 4.42. The molecule has 0 saturated heterocycles. The van der Waals surface area contributed by atoms with Crippen LogP contribution >= 0.6 is 0 Å². The zero-order chi connectivity index (χ0) is 14.7. The summed E-state index contributed by atoms with van der Waals surface area (Å²) in [5.41, 5.74) is 3.87. The van der Waals surface area contributed by atoms with Gasteiger partial charge in [-0.05, 0) is 30.7 Å². The summed E-state index contributed by atoms with van der Waals surface area (Å²) in [7, 11) is 0. The van der Waals surface area contributed by atoms with Crippen molar-refractivity contribution in [3.05, 3.63) is 71.9 Å². The van der Waals surface area contributed by atoms with Gasteiger partial charge in [-0.3, -0.25) is 4.98 Å². The zero-order valence-corrected chi connectivity index (χ0v) is 11.7. The Bertz CT molecular complexity index is 813. The molecule has 0 spiro atoms. The van der Waals surface area contributed by atoms with E-state index in [1.54, 1.807) is 6.20 Å². The lowest BCUT2D eigenvalue weighted by molar-refractivity contribution is 1.00. The van der Waals surface area contributed by atoms with Gasteiger partial charge >= 0.3 is 0 Å². The molecule has 0 amide bonds. The van der Waals surface area contributed by atoms with Crippen LogP contribution in [0.2, 0.25) is 0 Å². The van der Waals surface area contributed by atoms with Crippen LogP contribution in [0.4, 0.5) is 5.69 Å². The topological polar surface area (TPSA) is 48.7 Å². The number of hydrogen-bond donors (Lipinski definition) is 1. The zero-order valence-electron chi connectivity index (χ0n) is 11.7. The van der Waals surface area contributed by atoms with E-state index in [1.165, 1.54) is 0 Å². The minimum Gasteiger partial charge on any atom is -0.366 e. The van der Waals surface area contributed by atoms with Gasteiger partial charge in [-0.1, -0.05) is 36.4 Å². The van der Waals surface area contributed by atoms with Crippen molar-refractivity contribution in [2.24, 2.45) is 0 Å². The average Bonchev–Trinajstić information content (AvgIpc) is 2.52. The van der Waals surface area contributed by atoms with Crippen LogP contribution in [0.3, 0.4) is 0 Å². The molecule has 3 aromatic rings. The van der Waals surface area contributed by atoms with E-state index < -0.39 is 6.04 Å². The van der Waals surface area contributed by atoms with E-state index >= 15 is 0 Å². The second-order valence-electron chi connectivity index (χ2n) is 5.00. The van der Waals surface area contributed by atoms with Crippen molar-refractivity contribution in [3.8, 4) is 6.07 Å². The van der Waals surface area contributed by atoms with Crippen molar-refractivity contribution in [3.63, 3.8) is 0 Å². The molecule has 1 N–H and O–H groups in total. The van der Waals surface area contributed by atoms with E-state index in [0.29, 0.717) is 0 Å². The number of para-hydroxylation sites is 1. The Morgan fingerprint density at radius 2 is 1.90 bits per heavy atom. The molecule has 1 unspecified atom stereocenters. The molecule has 102 valence electrons. The molecule has 0 radical (unpaired) electrons. The lowest BCUT2D eigenvalue weighted by Crippen LogP contribution is -2.09. The Balaban J connectivity index is 2.01. The molecule has 1 aromatic heterocycles. The first-order valence-electron chi connectivity index (χ1n) is 6.84. The Hall–Kier alpha value is -2.86. The molecule has 3 nitrogen and oxygen atoms in total. The first kappa shape index (κ1) is 13.1. The second-order valence-corrected chi connectivity index (χ2v) is 5.00. The molecule has 3 heteroatoms. The van der Waals surface area contributed by atoms with Gasteiger partial charge in [-0.15, -0.1) is 0 Å². The molecule has 1 heterocycles. The quantitative estimate of drug-likeness (QED) is 0.777. The number of nitrogens with zero attached hydrogens (tertiary/aromatic N) is 2. The minimum absolute atomic E-state index is 0.426. The largest absolute Gasteiger partial charge is 0.366 e. The summed E-state index contributed by atoms with van der Waals surface area (Å²) in [5, 5.41) is 13.8. The molecule has 0 bridgehead atoms. The Morgan fingerprint density at radius 1 is 1.10 bits per heavy atom. The SMILES string of the molecule is Cc1cccc(NC(C#N)c2cccc3cccnc23)c1. The first-order valence-corrected chi connectivity index (χ1v) is 6.84. The van der Waals surface area contributed by atoms with Crippen molar-refractivity contribution in [1.29, 1.82) is 5.26 Å². The molecule has 0 fully saturated rings. The van der Waals surface area contributed by atoms with Crippen LogP contribution in [0.25, 0.3) is 10.9 Å². The fourth-order valence-corrected chi connectivity index (χ4v) is 2.44. The number of nitriles is 1. The Morgan fingerprint density at radius 3 is 2.71 bits per heavy atom. The predicted molar refractivity (Wildman–Crippen MR) is 84.9 cm³/mol. The first-order chi connectivity index (χ1) is 10.3. The maximum absolute atomic E-state index is 9.53. The standard InChI is InChI=1S/C18H15N3/c1-13-5-2-8-15(11-13)21-17(12-19)16-9-3-6-14-7-4-10-20-18(14)16/h2-11,17,21H,1H3. The van der Waals surface area contributed by atoms with Crippen molar-refractivity contribution in [2.75, 3.05) is 5.32 Å². The number of rotatable bonds is 3. The fraction of sp³-hybridized carbons (Fsp3) is 0.111. The molecule has 0 aliphatic carbocycles. The van der Waals surface area contributed by atoms with E-state index in [2.05, 4.69) is 16.4 Å². The third kappa shape index (κ3) is 2.70. The summed E-state index contributed by atoms with van der Waals surface area (Å²) in [6.45, 7) is 2.03. The number of pyridine rings is 1. The third-order valence-electron chi connectivity index (χ3n) is 3.43. The van der Waals surface area contributed by atoms with Crippen LogP contribution in [0, 0.1) is 18.3 Å². The van der Waals surface area contributed by atoms with Crippen molar-refractivity contribution < 1.29 is 0 Å². The van der Waals surface area contributed by atoms with Crippen LogP contribution < -0.4 is 5.32 Å². The van der Waals surface area contributed by atoms with Gasteiger partial charge < -0.3 is 5.32 Å². The van der Waals surface area contributed by atoms with Gasteiger partial charge in [0.1, 0.15) is 6.04 Å². The van der Waals surface area contributed by atoms with E-state index in [-0.39, 0.29) is 0 Å². The molecular weight excluding hydrogens is 258 g/mol. The highest BCUT2D eigenvalue weighted by Crippen LogP contribution is 2.25. The van der Waals surface area contributed by atoms with Gasteiger partial charge in [-0.2, -0.15) is 5.26 Å². The highest BCUT2D eigenvalue weighted by atomic mass is 14.9. The number of aromatic nitrogens is 1. The summed E-state index contributed by atoms with van der Waals surface area (Å²) in [5.74, 6) is 0. The van der Waals surface area contributed by atoms with Gasteiger partial charge in [-0.25, -0.2) is 0 Å². The molecule has 1 atom stereocenters. The highest BCUT2D eigenvalue weighted by molar-refractivity contribution is 5.82. The van der Waals surface area contributed by atoms with Gasteiger partial charge in [0.2, 0.25) is 0 Å². The van der Waals surface area contributed by atoms with Crippen LogP contribution in [0.1, 0.15) is 17.2 Å². The molecule has 0 saturated carbocycles. The number of hydrogen-bond acceptors (Lipinski definition) is 3. The summed E-state index contributed by atoms with van der Waals surface area (Å²) in [6, 6.07) is 19.7. The van der Waals surface area contributed by atoms with Gasteiger partial charge in [0, 0.05) is 22.8 Å². The van der Waals surface area contributed by atoms with Crippen LogP contribution in [-0.4, -0.2) is 4.98 Å². The third-order valence-corrected chi connectivity index (χ3v) is 3.43. The summed E-state index contributed by atoms with van der Waals surface area (Å²) >= 11 is 0. The van der Waals surface area contributed by atoms with Crippen molar-refractivity contribution in [1.82, 2.24) is 4.98 Å². The number of aryl methyl sites for hydroxylation is 1. The summed E-state index contributed by atoms with van der Waals surface area (Å²) < 4.78 is 0. The molecule has 0 aliphatic heterocycles. The molecular formula is C18H15N3. The van der Waals surface area contributed by atoms with E-state index in [0.717, 1.165) is 27.7 Å². The van der Waals surface area contributed by atoms with E-state index in [4.69, 9.17) is 0 Å². The maximum atomic E-state index is 9.53. The fourth-order valence-electron chi connectivity index (χ4n) is 2.44. The lowest BCUT2D eigenvalue weighted by atomic mass is 10.0. The maximum Gasteiger partial charge on any atom is 0.142 e. The number of benzene rings is 2. The predicted octanol–water partition coefficient (Wildman–Crippen LogP) is 4.22. The lowest BCUT2D eigenvalue weighted by Gasteiger charge is -2.15. The normalized spacial score (nSPS) is 11.8. The minimum atomic E-state index is -0.426. The van der Waals surface area contributed by atoms with E-state index in [1.807, 2.05) is 61.5 Å². The van der Waals surface area contributed by atoms with E-state index in [9.17, 15) is 5.26 Å². The van der Waals surface area contributed by atoms with Crippen LogP contribution in [0.5, 0.6) is 0 Å². The van der Waals surface area contributed by atoms with Crippen molar-refractivity contribution in [2.45, 2.75) is 13.0 Å². The number of nitrogens with one attached hydrogen (secondary N) is 1. The van der Waals surface area contributed by atoms with Crippen LogP contribution in [0.15, 0.2) is 60.8 Å². The second kappa shape index (κ2) is 5.64. The molecule has 3 rings (SSSR count). The Labute approximate surface area is 123 Å². The molecule has 2 aromatic carbocycles. The number of anilines is 1. The van der Waals surface area contributed by atoms with Gasteiger partial charge in [0.15, 0.2) is 0 Å².